The van der Waals surface area contributed by atoms with Gasteiger partial charge in [-0.1, -0.05) is 37.7 Å². The molecule has 1 saturated heterocycles. The Hall–Kier alpha value is -2.67. The van der Waals surface area contributed by atoms with Crippen LogP contribution in [0.5, 0.6) is 0 Å². The van der Waals surface area contributed by atoms with Crippen molar-refractivity contribution in [3.8, 4) is 5.69 Å². The maximum absolute atomic E-state index is 13.4. The van der Waals surface area contributed by atoms with E-state index >= 15 is 0 Å². The molecule has 1 aromatic heterocycles. The molecule has 4 rings (SSSR count). The summed E-state index contributed by atoms with van der Waals surface area (Å²) < 4.78 is 14.9. The van der Waals surface area contributed by atoms with Gasteiger partial charge in [0.1, 0.15) is 5.82 Å². The SMILES string of the molecule is C[C@@H]1C[C@@H](C)CN(C(=O)CSc2nc3ccccc3c(=O)n2-c2ccc(F)cc2)C1. The van der Waals surface area contributed by atoms with Gasteiger partial charge in [-0.3, -0.25) is 14.2 Å². The fourth-order valence-electron chi connectivity index (χ4n) is 4.11. The number of benzene rings is 2. The first-order valence-electron chi connectivity index (χ1n) is 10.1. The fourth-order valence-corrected chi connectivity index (χ4v) is 5.03. The van der Waals surface area contributed by atoms with Crippen molar-refractivity contribution in [2.24, 2.45) is 11.8 Å². The van der Waals surface area contributed by atoms with Crippen molar-refractivity contribution in [2.45, 2.75) is 25.4 Å². The second-order valence-corrected chi connectivity index (χ2v) is 9.00. The van der Waals surface area contributed by atoms with Crippen LogP contribution in [0, 0.1) is 17.7 Å². The van der Waals surface area contributed by atoms with Gasteiger partial charge >= 0.3 is 0 Å². The number of piperidine rings is 1. The second kappa shape index (κ2) is 8.60. The summed E-state index contributed by atoms with van der Waals surface area (Å²) in [5.41, 5.74) is 0.869. The van der Waals surface area contributed by atoms with Crippen molar-refractivity contribution in [2.75, 3.05) is 18.8 Å². The highest BCUT2D eigenvalue weighted by molar-refractivity contribution is 7.99. The largest absolute Gasteiger partial charge is 0.341 e. The van der Waals surface area contributed by atoms with Crippen molar-refractivity contribution in [1.82, 2.24) is 14.5 Å². The van der Waals surface area contributed by atoms with E-state index in [0.29, 0.717) is 33.6 Å². The minimum atomic E-state index is -0.377. The van der Waals surface area contributed by atoms with Gasteiger partial charge in [0.05, 0.1) is 22.3 Å². The summed E-state index contributed by atoms with van der Waals surface area (Å²) in [4.78, 5) is 32.6. The molecule has 2 atom stereocenters. The van der Waals surface area contributed by atoms with Crippen LogP contribution >= 0.6 is 11.8 Å². The number of hydrogen-bond donors (Lipinski definition) is 0. The van der Waals surface area contributed by atoms with Gasteiger partial charge in [0, 0.05) is 13.1 Å². The number of likely N-dealkylation sites (tertiary alicyclic amines) is 1. The maximum atomic E-state index is 13.4. The van der Waals surface area contributed by atoms with Crippen molar-refractivity contribution in [3.05, 3.63) is 64.7 Å². The van der Waals surface area contributed by atoms with Crippen LogP contribution in [0.25, 0.3) is 16.6 Å². The van der Waals surface area contributed by atoms with E-state index in [1.165, 1.54) is 28.5 Å². The van der Waals surface area contributed by atoms with Gasteiger partial charge in [-0.25, -0.2) is 9.37 Å². The molecule has 7 heteroatoms. The highest BCUT2D eigenvalue weighted by Gasteiger charge is 2.26. The number of rotatable bonds is 4. The van der Waals surface area contributed by atoms with Gasteiger partial charge in [0.2, 0.25) is 5.91 Å². The Morgan fingerprint density at radius 1 is 1.10 bits per heavy atom. The van der Waals surface area contributed by atoms with E-state index < -0.39 is 0 Å². The Kier molecular flexibility index (Phi) is 5.90. The minimum absolute atomic E-state index is 0.0477. The monoisotopic (exact) mass is 425 g/mol. The summed E-state index contributed by atoms with van der Waals surface area (Å²) in [7, 11) is 0. The fraction of sp³-hybridized carbons (Fsp3) is 0.348. The Morgan fingerprint density at radius 3 is 2.47 bits per heavy atom. The van der Waals surface area contributed by atoms with E-state index in [0.717, 1.165) is 19.5 Å². The number of carbonyl (C=O) groups excluding carboxylic acids is 1. The number of hydrogen-bond acceptors (Lipinski definition) is 4. The molecular formula is C23H24FN3O2S. The summed E-state index contributed by atoms with van der Waals surface area (Å²) in [5, 5.41) is 0.910. The van der Waals surface area contributed by atoms with Gasteiger partial charge in [-0.15, -0.1) is 0 Å². The average Bonchev–Trinajstić information content (AvgIpc) is 2.72. The third-order valence-electron chi connectivity index (χ3n) is 5.38. The van der Waals surface area contributed by atoms with E-state index in [1.54, 1.807) is 30.3 Å². The molecule has 0 unspecified atom stereocenters. The lowest BCUT2D eigenvalue weighted by Gasteiger charge is -2.35. The van der Waals surface area contributed by atoms with Crippen LogP contribution in [0.3, 0.4) is 0 Å². The molecule has 1 amide bonds. The van der Waals surface area contributed by atoms with Crippen molar-refractivity contribution < 1.29 is 9.18 Å². The lowest BCUT2D eigenvalue weighted by Crippen LogP contribution is -2.43. The molecule has 0 radical (unpaired) electrons. The first kappa shape index (κ1) is 20.6. The smallest absolute Gasteiger partial charge is 0.266 e. The molecule has 1 aliphatic rings. The van der Waals surface area contributed by atoms with E-state index in [1.807, 2.05) is 11.0 Å². The second-order valence-electron chi connectivity index (χ2n) is 8.06. The van der Waals surface area contributed by atoms with E-state index in [-0.39, 0.29) is 23.0 Å². The highest BCUT2D eigenvalue weighted by Crippen LogP contribution is 2.25. The molecule has 0 spiro atoms. The Labute approximate surface area is 178 Å². The zero-order valence-electron chi connectivity index (χ0n) is 17.0. The number of halogens is 1. The number of amides is 1. The third-order valence-corrected chi connectivity index (χ3v) is 6.30. The number of fused-ring (bicyclic) bond motifs is 1. The Morgan fingerprint density at radius 2 is 1.77 bits per heavy atom. The van der Waals surface area contributed by atoms with Crippen molar-refractivity contribution in [1.29, 1.82) is 0 Å². The predicted octanol–water partition coefficient (Wildman–Crippen LogP) is 4.12. The van der Waals surface area contributed by atoms with E-state index in [4.69, 9.17) is 0 Å². The minimum Gasteiger partial charge on any atom is -0.341 e. The molecule has 5 nitrogen and oxygen atoms in total. The molecule has 2 heterocycles. The summed E-state index contributed by atoms with van der Waals surface area (Å²) >= 11 is 1.25. The topological polar surface area (TPSA) is 55.2 Å². The predicted molar refractivity (Wildman–Crippen MR) is 118 cm³/mol. The molecule has 3 aromatic rings. The van der Waals surface area contributed by atoms with E-state index in [2.05, 4.69) is 18.8 Å². The average molecular weight is 426 g/mol. The first-order valence-corrected chi connectivity index (χ1v) is 11.1. The van der Waals surface area contributed by atoms with Crippen LogP contribution in [0.1, 0.15) is 20.3 Å². The summed E-state index contributed by atoms with van der Waals surface area (Å²) in [6.45, 7) is 5.86. The van der Waals surface area contributed by atoms with Gasteiger partial charge in [0.15, 0.2) is 5.16 Å². The van der Waals surface area contributed by atoms with Crippen molar-refractivity contribution in [3.63, 3.8) is 0 Å². The zero-order valence-corrected chi connectivity index (χ0v) is 17.9. The molecule has 0 aliphatic carbocycles. The van der Waals surface area contributed by atoms with E-state index in [9.17, 15) is 14.0 Å². The summed E-state index contributed by atoms with van der Waals surface area (Å²) in [5.74, 6) is 0.841. The molecule has 1 fully saturated rings. The summed E-state index contributed by atoms with van der Waals surface area (Å²) in [6, 6.07) is 12.8. The lowest BCUT2D eigenvalue weighted by molar-refractivity contribution is -0.130. The molecule has 0 bridgehead atoms. The highest BCUT2D eigenvalue weighted by atomic mass is 32.2. The third kappa shape index (κ3) is 4.26. The van der Waals surface area contributed by atoms with Gasteiger partial charge in [-0.05, 0) is 54.7 Å². The standard InChI is InChI=1S/C23H24FN3O2S/c1-15-11-16(2)13-26(12-15)21(28)14-30-23-25-20-6-4-3-5-19(20)22(29)27(23)18-9-7-17(24)8-10-18/h3-10,15-16H,11-14H2,1-2H3/t15-,16-/m1/s1. The molecule has 0 saturated carbocycles. The molecular weight excluding hydrogens is 401 g/mol. The van der Waals surface area contributed by atoms with Crippen LogP contribution in [-0.4, -0.2) is 39.2 Å². The molecule has 1 aliphatic heterocycles. The van der Waals surface area contributed by atoms with Crippen LogP contribution in [0.15, 0.2) is 58.5 Å². The Bertz CT molecular complexity index is 1120. The molecule has 156 valence electrons. The summed E-state index contributed by atoms with van der Waals surface area (Å²) in [6.07, 6.45) is 1.13. The van der Waals surface area contributed by atoms with Crippen LogP contribution in [0.4, 0.5) is 4.39 Å². The van der Waals surface area contributed by atoms with Crippen LogP contribution in [-0.2, 0) is 4.79 Å². The van der Waals surface area contributed by atoms with Crippen LogP contribution in [0.2, 0.25) is 0 Å². The first-order chi connectivity index (χ1) is 14.4. The number of aromatic nitrogens is 2. The quantitative estimate of drug-likeness (QED) is 0.466. The Balaban J connectivity index is 1.67. The number of para-hydroxylation sites is 1. The molecule has 0 N–H and O–H groups in total. The van der Waals surface area contributed by atoms with Gasteiger partial charge < -0.3 is 4.90 Å². The number of thioether (sulfide) groups is 1. The van der Waals surface area contributed by atoms with Gasteiger partial charge in [0.25, 0.3) is 5.56 Å². The normalized spacial score (nSPS) is 19.2. The lowest BCUT2D eigenvalue weighted by atomic mass is 9.92. The van der Waals surface area contributed by atoms with Gasteiger partial charge in [-0.2, -0.15) is 0 Å². The molecule has 2 aromatic carbocycles. The number of carbonyl (C=O) groups is 1. The van der Waals surface area contributed by atoms with Crippen LogP contribution < -0.4 is 5.56 Å². The molecule has 30 heavy (non-hydrogen) atoms. The zero-order chi connectivity index (χ0) is 21.3. The van der Waals surface area contributed by atoms with Crippen molar-refractivity contribution >= 4 is 28.6 Å². The number of nitrogens with zero attached hydrogens (tertiary/aromatic N) is 3. The maximum Gasteiger partial charge on any atom is 0.266 e.